The topological polar surface area (TPSA) is 29.5 Å². The molecule has 0 amide bonds. The predicted octanol–water partition coefficient (Wildman–Crippen LogP) is 6.02. The van der Waals surface area contributed by atoms with Gasteiger partial charge >= 0.3 is 5.97 Å². The van der Waals surface area contributed by atoms with E-state index >= 15 is 0 Å². The molecule has 0 bridgehead atoms. The molecule has 3 aliphatic carbocycles. The zero-order chi connectivity index (χ0) is 19.1. The van der Waals surface area contributed by atoms with Crippen molar-refractivity contribution in [2.24, 2.45) is 5.92 Å². The molecular weight excluding hydrogens is 334 g/mol. The lowest BCUT2D eigenvalue weighted by Crippen LogP contribution is -2.52. The fourth-order valence-electron chi connectivity index (χ4n) is 5.83. The smallest absolute Gasteiger partial charge is 0.333 e. The lowest BCUT2D eigenvalue weighted by atomic mass is 9.80. The molecule has 0 aromatic rings. The van der Waals surface area contributed by atoms with Crippen LogP contribution in [-0.4, -0.2) is 35.6 Å². The Labute approximate surface area is 166 Å². The van der Waals surface area contributed by atoms with Gasteiger partial charge in [0, 0.05) is 23.7 Å². The summed E-state index contributed by atoms with van der Waals surface area (Å²) in [5.41, 5.74) is 0.509. The number of esters is 1. The Morgan fingerprint density at radius 2 is 1.30 bits per heavy atom. The second-order valence-electron chi connectivity index (χ2n) is 9.41. The lowest BCUT2D eigenvalue weighted by molar-refractivity contribution is -0.139. The second-order valence-corrected chi connectivity index (χ2v) is 9.41. The van der Waals surface area contributed by atoms with E-state index in [4.69, 9.17) is 4.74 Å². The average molecular weight is 376 g/mol. The van der Waals surface area contributed by atoms with Gasteiger partial charge in [0.05, 0.1) is 6.61 Å². The van der Waals surface area contributed by atoms with Crippen LogP contribution in [0.25, 0.3) is 0 Å². The molecule has 3 aliphatic rings. The minimum absolute atomic E-state index is 0.232. The van der Waals surface area contributed by atoms with Gasteiger partial charge in [-0.3, -0.25) is 4.90 Å². The quantitative estimate of drug-likeness (QED) is 0.402. The SMILES string of the molecule is C=C(C)C(=O)OCCC1CCC(N(C2CCCCC2)C2CCCCC2)CC1. The van der Waals surface area contributed by atoms with E-state index in [9.17, 15) is 4.79 Å². The summed E-state index contributed by atoms with van der Waals surface area (Å²) >= 11 is 0. The summed E-state index contributed by atoms with van der Waals surface area (Å²) in [4.78, 5) is 14.6. The van der Waals surface area contributed by atoms with E-state index in [2.05, 4.69) is 11.5 Å². The fourth-order valence-corrected chi connectivity index (χ4v) is 5.83. The molecule has 154 valence electrons. The molecule has 0 spiro atoms. The third-order valence-electron chi connectivity index (χ3n) is 7.34. The van der Waals surface area contributed by atoms with Crippen molar-refractivity contribution in [2.75, 3.05) is 6.61 Å². The summed E-state index contributed by atoms with van der Waals surface area (Å²) in [6.07, 6.45) is 20.8. The van der Waals surface area contributed by atoms with E-state index in [1.807, 2.05) is 0 Å². The van der Waals surface area contributed by atoms with Crippen molar-refractivity contribution in [1.29, 1.82) is 0 Å². The Morgan fingerprint density at radius 3 is 1.78 bits per heavy atom. The van der Waals surface area contributed by atoms with E-state index in [0.29, 0.717) is 12.2 Å². The van der Waals surface area contributed by atoms with Crippen molar-refractivity contribution in [2.45, 2.75) is 121 Å². The average Bonchev–Trinajstić information content (AvgIpc) is 2.71. The molecule has 3 saturated carbocycles. The molecule has 0 radical (unpaired) electrons. The molecule has 27 heavy (non-hydrogen) atoms. The first-order chi connectivity index (χ1) is 13.1. The van der Waals surface area contributed by atoms with E-state index in [1.54, 1.807) is 6.92 Å². The van der Waals surface area contributed by atoms with E-state index in [-0.39, 0.29) is 5.97 Å². The minimum Gasteiger partial charge on any atom is -0.462 e. The molecule has 3 nitrogen and oxygen atoms in total. The summed E-state index contributed by atoms with van der Waals surface area (Å²) < 4.78 is 5.32. The molecule has 0 unspecified atom stereocenters. The first kappa shape index (κ1) is 20.9. The molecule has 0 aromatic carbocycles. The van der Waals surface area contributed by atoms with Crippen molar-refractivity contribution >= 4 is 5.97 Å². The first-order valence-electron chi connectivity index (χ1n) is 11.7. The van der Waals surface area contributed by atoms with Crippen LogP contribution >= 0.6 is 0 Å². The van der Waals surface area contributed by atoms with Crippen LogP contribution in [0.2, 0.25) is 0 Å². The van der Waals surface area contributed by atoms with Gasteiger partial charge in [0.2, 0.25) is 0 Å². The van der Waals surface area contributed by atoms with Crippen LogP contribution in [0.15, 0.2) is 12.2 Å². The Bertz CT molecular complexity index is 451. The van der Waals surface area contributed by atoms with Crippen LogP contribution < -0.4 is 0 Å². The Balaban J connectivity index is 1.49. The van der Waals surface area contributed by atoms with Gasteiger partial charge in [-0.15, -0.1) is 0 Å². The summed E-state index contributed by atoms with van der Waals surface area (Å²) in [6, 6.07) is 2.53. The van der Waals surface area contributed by atoms with Gasteiger partial charge in [-0.05, 0) is 70.6 Å². The van der Waals surface area contributed by atoms with Gasteiger partial charge in [0.1, 0.15) is 0 Å². The van der Waals surface area contributed by atoms with Crippen LogP contribution in [-0.2, 0) is 9.53 Å². The number of ether oxygens (including phenoxy) is 1. The van der Waals surface area contributed by atoms with Crippen LogP contribution in [0.1, 0.15) is 103 Å². The molecule has 0 N–H and O–H groups in total. The number of carbonyl (C=O) groups excluding carboxylic acids is 1. The third kappa shape index (κ3) is 6.07. The molecule has 3 rings (SSSR count). The van der Waals surface area contributed by atoms with Crippen molar-refractivity contribution in [1.82, 2.24) is 4.90 Å². The van der Waals surface area contributed by atoms with Crippen molar-refractivity contribution in [3.8, 4) is 0 Å². The van der Waals surface area contributed by atoms with Gasteiger partial charge in [-0.25, -0.2) is 4.79 Å². The van der Waals surface area contributed by atoms with Crippen LogP contribution in [0.5, 0.6) is 0 Å². The number of carbonyl (C=O) groups is 1. The Hall–Kier alpha value is -0.830. The number of hydrogen-bond donors (Lipinski definition) is 0. The molecule has 3 fully saturated rings. The molecule has 0 heterocycles. The van der Waals surface area contributed by atoms with Crippen molar-refractivity contribution < 1.29 is 9.53 Å². The molecule has 0 aliphatic heterocycles. The number of rotatable bonds is 7. The van der Waals surface area contributed by atoms with Gasteiger partial charge in [0.25, 0.3) is 0 Å². The molecular formula is C24H41NO2. The first-order valence-corrected chi connectivity index (χ1v) is 11.7. The maximum atomic E-state index is 11.5. The maximum Gasteiger partial charge on any atom is 0.333 e. The predicted molar refractivity (Wildman–Crippen MR) is 112 cm³/mol. The normalized spacial score (nSPS) is 28.2. The largest absolute Gasteiger partial charge is 0.462 e. The van der Waals surface area contributed by atoms with Crippen molar-refractivity contribution in [3.63, 3.8) is 0 Å². The minimum atomic E-state index is -0.232. The lowest BCUT2D eigenvalue weighted by Gasteiger charge is -2.48. The maximum absolute atomic E-state index is 11.5. The fraction of sp³-hybridized carbons (Fsp3) is 0.875. The summed E-state index contributed by atoms with van der Waals surface area (Å²) in [7, 11) is 0. The Morgan fingerprint density at radius 1 is 0.815 bits per heavy atom. The van der Waals surface area contributed by atoms with E-state index in [1.165, 1.54) is 89.9 Å². The van der Waals surface area contributed by atoms with Gasteiger partial charge in [-0.2, -0.15) is 0 Å². The monoisotopic (exact) mass is 375 g/mol. The summed E-state index contributed by atoms with van der Waals surface area (Å²) in [5, 5.41) is 0. The summed E-state index contributed by atoms with van der Waals surface area (Å²) in [6.45, 7) is 5.94. The third-order valence-corrected chi connectivity index (χ3v) is 7.34. The van der Waals surface area contributed by atoms with Gasteiger partial charge in [0.15, 0.2) is 0 Å². The molecule has 0 aromatic heterocycles. The highest BCUT2D eigenvalue weighted by Crippen LogP contribution is 2.37. The summed E-state index contributed by atoms with van der Waals surface area (Å²) in [5.74, 6) is 0.503. The van der Waals surface area contributed by atoms with Crippen LogP contribution in [0.4, 0.5) is 0 Å². The second kappa shape index (κ2) is 10.6. The molecule has 0 atom stereocenters. The van der Waals surface area contributed by atoms with Gasteiger partial charge in [-0.1, -0.05) is 45.1 Å². The van der Waals surface area contributed by atoms with Crippen LogP contribution in [0.3, 0.4) is 0 Å². The Kier molecular flexibility index (Phi) is 8.24. The number of nitrogens with zero attached hydrogens (tertiary/aromatic N) is 1. The molecule has 3 heteroatoms. The zero-order valence-electron chi connectivity index (χ0n) is 17.6. The van der Waals surface area contributed by atoms with E-state index < -0.39 is 0 Å². The standard InChI is InChI=1S/C24H41NO2/c1-19(2)24(26)27-18-17-20-13-15-23(16-14-20)25(21-9-5-3-6-10-21)22-11-7-4-8-12-22/h20-23H,1,3-18H2,2H3. The zero-order valence-corrected chi connectivity index (χ0v) is 17.6. The number of hydrogen-bond acceptors (Lipinski definition) is 3. The highest BCUT2D eigenvalue weighted by atomic mass is 16.5. The highest BCUT2D eigenvalue weighted by molar-refractivity contribution is 5.86. The van der Waals surface area contributed by atoms with Crippen molar-refractivity contribution in [3.05, 3.63) is 12.2 Å². The molecule has 0 saturated heterocycles. The van der Waals surface area contributed by atoms with Gasteiger partial charge < -0.3 is 4.74 Å². The van der Waals surface area contributed by atoms with E-state index in [0.717, 1.165) is 30.5 Å². The highest BCUT2D eigenvalue weighted by Gasteiger charge is 2.35. The van der Waals surface area contributed by atoms with Crippen LogP contribution in [0, 0.1) is 5.92 Å².